The van der Waals surface area contributed by atoms with Crippen LogP contribution in [0.4, 0.5) is 5.82 Å². The first-order valence-electron chi connectivity index (χ1n) is 12.4. The van der Waals surface area contributed by atoms with Crippen molar-refractivity contribution in [1.82, 2.24) is 29.7 Å². The number of anilines is 1. The number of aromatic nitrogens is 4. The van der Waals surface area contributed by atoms with Crippen molar-refractivity contribution < 1.29 is 0 Å². The van der Waals surface area contributed by atoms with Crippen LogP contribution in [-0.4, -0.2) is 50.1 Å². The van der Waals surface area contributed by atoms with Gasteiger partial charge in [0, 0.05) is 49.7 Å². The summed E-state index contributed by atoms with van der Waals surface area (Å²) < 4.78 is 2.09. The second-order valence-electron chi connectivity index (χ2n) is 9.37. The minimum atomic E-state index is 0.446. The van der Waals surface area contributed by atoms with Crippen LogP contribution in [0.25, 0.3) is 39.5 Å². The molecule has 0 unspecified atom stereocenters. The molecule has 3 N–H and O–H groups in total. The first kappa shape index (κ1) is 22.4. The Morgan fingerprint density at radius 2 is 1.78 bits per heavy atom. The summed E-state index contributed by atoms with van der Waals surface area (Å²) in [4.78, 5) is 16.8. The predicted octanol–water partition coefficient (Wildman–Crippen LogP) is 4.53. The number of hydrogen-bond donors (Lipinski definition) is 2. The van der Waals surface area contributed by atoms with E-state index in [0.717, 1.165) is 65.7 Å². The Labute approximate surface area is 210 Å². The fourth-order valence-electron chi connectivity index (χ4n) is 4.92. The molecule has 4 heterocycles. The van der Waals surface area contributed by atoms with E-state index in [4.69, 9.17) is 15.7 Å². The van der Waals surface area contributed by atoms with Gasteiger partial charge in [-0.3, -0.25) is 9.47 Å². The molecule has 0 bridgehead atoms. The minimum Gasteiger partial charge on any atom is -0.383 e. The van der Waals surface area contributed by atoms with Crippen LogP contribution < -0.4 is 11.1 Å². The van der Waals surface area contributed by atoms with Crippen LogP contribution in [-0.2, 0) is 6.54 Å². The molecule has 36 heavy (non-hydrogen) atoms. The third-order valence-electron chi connectivity index (χ3n) is 6.71. The van der Waals surface area contributed by atoms with E-state index in [2.05, 4.69) is 63.1 Å². The number of pyridine rings is 2. The fraction of sp³-hybridized carbons (Fsp3) is 0.207. The molecule has 7 nitrogen and oxygen atoms in total. The molecule has 0 saturated carbocycles. The molecule has 5 aromatic rings. The van der Waals surface area contributed by atoms with Crippen molar-refractivity contribution in [2.75, 3.05) is 25.4 Å². The van der Waals surface area contributed by atoms with Crippen molar-refractivity contribution in [2.45, 2.75) is 19.5 Å². The molecule has 6 rings (SSSR count). The number of imidazole rings is 1. The van der Waals surface area contributed by atoms with Gasteiger partial charge in [0.25, 0.3) is 0 Å². The first-order valence-corrected chi connectivity index (χ1v) is 12.4. The lowest BCUT2D eigenvalue weighted by Crippen LogP contribution is -2.48. The smallest absolute Gasteiger partial charge is 0.165 e. The number of hydrogen-bond acceptors (Lipinski definition) is 6. The van der Waals surface area contributed by atoms with E-state index < -0.39 is 0 Å². The molecule has 0 radical (unpaired) electrons. The van der Waals surface area contributed by atoms with Crippen LogP contribution in [0.15, 0.2) is 85.1 Å². The molecule has 0 amide bonds. The molecule has 1 atom stereocenters. The molecule has 1 aliphatic rings. The summed E-state index contributed by atoms with van der Waals surface area (Å²) in [6.07, 6.45) is 1.70. The van der Waals surface area contributed by atoms with Gasteiger partial charge in [-0.15, -0.1) is 0 Å². The van der Waals surface area contributed by atoms with Crippen molar-refractivity contribution in [3.8, 4) is 28.3 Å². The van der Waals surface area contributed by atoms with Gasteiger partial charge in [0.1, 0.15) is 11.3 Å². The minimum absolute atomic E-state index is 0.446. The lowest BCUT2D eigenvalue weighted by atomic mass is 10.1. The molecule has 1 saturated heterocycles. The number of nitrogens with one attached hydrogen (secondary N) is 1. The second-order valence-corrected chi connectivity index (χ2v) is 9.37. The molecular formula is C29H29N7. The molecule has 180 valence electrons. The van der Waals surface area contributed by atoms with Crippen LogP contribution in [0.2, 0.25) is 0 Å². The van der Waals surface area contributed by atoms with Gasteiger partial charge in [0.15, 0.2) is 11.5 Å². The van der Waals surface area contributed by atoms with Crippen LogP contribution >= 0.6 is 0 Å². The van der Waals surface area contributed by atoms with Gasteiger partial charge in [-0.2, -0.15) is 0 Å². The molecule has 0 spiro atoms. The largest absolute Gasteiger partial charge is 0.383 e. The molecule has 1 aliphatic heterocycles. The predicted molar refractivity (Wildman–Crippen MR) is 145 cm³/mol. The van der Waals surface area contributed by atoms with Gasteiger partial charge in [-0.05, 0) is 48.9 Å². The number of nitrogens with two attached hydrogens (primary N) is 1. The van der Waals surface area contributed by atoms with E-state index in [1.165, 1.54) is 5.56 Å². The zero-order valence-corrected chi connectivity index (χ0v) is 20.3. The van der Waals surface area contributed by atoms with E-state index in [1.807, 2.05) is 42.5 Å². The zero-order valence-electron chi connectivity index (χ0n) is 20.3. The lowest BCUT2D eigenvalue weighted by molar-refractivity contribution is 0.199. The molecule has 3 aromatic heterocycles. The normalized spacial score (nSPS) is 16.4. The number of rotatable bonds is 5. The highest BCUT2D eigenvalue weighted by molar-refractivity contribution is 5.84. The van der Waals surface area contributed by atoms with Crippen LogP contribution in [0.3, 0.4) is 0 Å². The highest BCUT2D eigenvalue weighted by atomic mass is 15.2. The van der Waals surface area contributed by atoms with Gasteiger partial charge in [-0.25, -0.2) is 15.0 Å². The topological polar surface area (TPSA) is 84.9 Å². The van der Waals surface area contributed by atoms with Crippen molar-refractivity contribution in [3.05, 3.63) is 90.6 Å². The average Bonchev–Trinajstić information content (AvgIpc) is 3.28. The van der Waals surface area contributed by atoms with Crippen LogP contribution in [0, 0.1) is 0 Å². The molecule has 0 aliphatic carbocycles. The lowest BCUT2D eigenvalue weighted by Gasteiger charge is -2.31. The zero-order chi connectivity index (χ0) is 24.5. The Kier molecular flexibility index (Phi) is 5.93. The van der Waals surface area contributed by atoms with E-state index in [1.54, 1.807) is 6.20 Å². The maximum atomic E-state index is 6.29. The number of nitrogen functional groups attached to an aromatic ring is 1. The summed E-state index contributed by atoms with van der Waals surface area (Å²) in [5.41, 5.74) is 12.9. The molecule has 7 heteroatoms. The monoisotopic (exact) mass is 475 g/mol. The quantitative estimate of drug-likeness (QED) is 0.389. The third kappa shape index (κ3) is 4.34. The summed E-state index contributed by atoms with van der Waals surface area (Å²) in [5.74, 6) is 1.18. The summed E-state index contributed by atoms with van der Waals surface area (Å²) in [6.45, 7) is 6.34. The fourth-order valence-corrected chi connectivity index (χ4v) is 4.92. The van der Waals surface area contributed by atoms with E-state index in [-0.39, 0.29) is 0 Å². The number of nitrogens with zero attached hydrogens (tertiary/aromatic N) is 5. The van der Waals surface area contributed by atoms with Gasteiger partial charge in [0.2, 0.25) is 0 Å². The summed E-state index contributed by atoms with van der Waals surface area (Å²) in [6, 6.07) is 27.3. The van der Waals surface area contributed by atoms with Gasteiger partial charge >= 0.3 is 0 Å². The van der Waals surface area contributed by atoms with Gasteiger partial charge in [0.05, 0.1) is 11.3 Å². The number of benzene rings is 2. The highest BCUT2D eigenvalue weighted by Gasteiger charge is 2.19. The van der Waals surface area contributed by atoms with E-state index in [0.29, 0.717) is 11.9 Å². The Hall–Kier alpha value is -4.07. The summed E-state index contributed by atoms with van der Waals surface area (Å²) >= 11 is 0. The summed E-state index contributed by atoms with van der Waals surface area (Å²) in [7, 11) is 0. The van der Waals surface area contributed by atoms with E-state index >= 15 is 0 Å². The second kappa shape index (κ2) is 9.53. The highest BCUT2D eigenvalue weighted by Crippen LogP contribution is 2.31. The third-order valence-corrected chi connectivity index (χ3v) is 6.71. The van der Waals surface area contributed by atoms with Crippen LogP contribution in [0.5, 0.6) is 0 Å². The maximum Gasteiger partial charge on any atom is 0.165 e. The van der Waals surface area contributed by atoms with E-state index in [9.17, 15) is 0 Å². The van der Waals surface area contributed by atoms with Crippen molar-refractivity contribution in [3.63, 3.8) is 0 Å². The SMILES string of the molecule is C[C@H]1CN(Cc2ccc(-n3c(-c4cccnc4N)nc4ccc(-c5ccccc5)nc43)cc2)CCN1. The molecular weight excluding hydrogens is 446 g/mol. The number of piperazine rings is 1. The summed E-state index contributed by atoms with van der Waals surface area (Å²) in [5, 5.41) is 3.51. The Balaban J connectivity index is 1.44. The van der Waals surface area contributed by atoms with Crippen LogP contribution in [0.1, 0.15) is 12.5 Å². The van der Waals surface area contributed by atoms with Crippen molar-refractivity contribution in [1.29, 1.82) is 0 Å². The Morgan fingerprint density at radius 3 is 2.56 bits per heavy atom. The average molecular weight is 476 g/mol. The Bertz CT molecular complexity index is 1490. The first-order chi connectivity index (χ1) is 17.7. The number of fused-ring (bicyclic) bond motifs is 1. The van der Waals surface area contributed by atoms with Crippen molar-refractivity contribution in [2.24, 2.45) is 0 Å². The van der Waals surface area contributed by atoms with Gasteiger partial charge in [-0.1, -0.05) is 42.5 Å². The van der Waals surface area contributed by atoms with Gasteiger partial charge < -0.3 is 11.1 Å². The standard InChI is InChI=1S/C29H29N7/c1-20-18-35(17-16-31-20)19-21-9-11-23(12-10-21)36-28(24-8-5-15-32-27(24)30)34-26-14-13-25(33-29(26)36)22-6-3-2-4-7-22/h2-15,20,31H,16-19H2,1H3,(H2,30,32)/t20-/m0/s1. The van der Waals surface area contributed by atoms with Crippen molar-refractivity contribution >= 4 is 17.0 Å². The molecule has 2 aromatic carbocycles. The molecule has 1 fully saturated rings. The Morgan fingerprint density at radius 1 is 0.944 bits per heavy atom. The maximum absolute atomic E-state index is 6.29.